The molecule has 2 rings (SSSR count). The van der Waals surface area contributed by atoms with Gasteiger partial charge in [-0.15, -0.1) is 0 Å². The smallest absolute Gasteiger partial charge is 0.162 e. The van der Waals surface area contributed by atoms with Gasteiger partial charge in [0.25, 0.3) is 0 Å². The molecule has 15 heavy (non-hydrogen) atoms. The lowest BCUT2D eigenvalue weighted by molar-refractivity contribution is -0.242. The molecule has 0 saturated carbocycles. The number of allylic oxidation sites excluding steroid dienone is 1. The van der Waals surface area contributed by atoms with E-state index in [-0.39, 0.29) is 5.78 Å². The number of carbonyl (C=O) groups is 1. The zero-order valence-corrected chi connectivity index (χ0v) is 8.33. The van der Waals surface area contributed by atoms with Crippen molar-refractivity contribution in [3.63, 3.8) is 0 Å². The van der Waals surface area contributed by atoms with E-state index in [0.717, 1.165) is 0 Å². The predicted octanol–water partition coefficient (Wildman–Crippen LogP) is -1.18. The van der Waals surface area contributed by atoms with E-state index in [2.05, 4.69) is 0 Å². The van der Waals surface area contributed by atoms with Crippen LogP contribution in [0.5, 0.6) is 0 Å². The maximum atomic E-state index is 11.6. The summed E-state index contributed by atoms with van der Waals surface area (Å²) in [5, 5.41) is 28.4. The highest BCUT2D eigenvalue weighted by Crippen LogP contribution is 2.39. The molecule has 1 aliphatic heterocycles. The van der Waals surface area contributed by atoms with Crippen molar-refractivity contribution < 1.29 is 24.9 Å². The topological polar surface area (TPSA) is 87.0 Å². The molecule has 2 aliphatic rings. The molecule has 84 valence electrons. The molecule has 1 saturated heterocycles. The van der Waals surface area contributed by atoms with Crippen LogP contribution >= 0.6 is 0 Å². The first-order valence-electron chi connectivity index (χ1n) is 4.90. The quantitative estimate of drug-likeness (QED) is 0.511. The number of aliphatic hydroxyl groups excluding tert-OH is 3. The third kappa shape index (κ3) is 1.52. The average molecular weight is 214 g/mol. The van der Waals surface area contributed by atoms with E-state index in [1.165, 1.54) is 6.08 Å². The van der Waals surface area contributed by atoms with Crippen LogP contribution in [0.4, 0.5) is 0 Å². The molecule has 5 heteroatoms. The molecule has 0 spiro atoms. The van der Waals surface area contributed by atoms with Gasteiger partial charge in [0.2, 0.25) is 0 Å². The highest BCUT2D eigenvalue weighted by Gasteiger charge is 2.50. The molecular weight excluding hydrogens is 200 g/mol. The van der Waals surface area contributed by atoms with Gasteiger partial charge >= 0.3 is 0 Å². The maximum absolute atomic E-state index is 11.6. The van der Waals surface area contributed by atoms with Crippen LogP contribution in [0, 0.1) is 11.8 Å². The fourth-order valence-corrected chi connectivity index (χ4v) is 2.39. The Morgan fingerprint density at radius 3 is 2.67 bits per heavy atom. The van der Waals surface area contributed by atoms with Crippen LogP contribution < -0.4 is 0 Å². The summed E-state index contributed by atoms with van der Waals surface area (Å²) in [5.41, 5.74) is 0.716. The molecule has 3 N–H and O–H groups in total. The summed E-state index contributed by atoms with van der Waals surface area (Å²) in [7, 11) is 0. The van der Waals surface area contributed by atoms with Crippen molar-refractivity contribution in [1.29, 1.82) is 0 Å². The minimum Gasteiger partial charge on any atom is -0.394 e. The lowest BCUT2D eigenvalue weighted by atomic mass is 9.81. The van der Waals surface area contributed by atoms with E-state index in [9.17, 15) is 15.0 Å². The second kappa shape index (κ2) is 3.68. The van der Waals surface area contributed by atoms with Crippen LogP contribution in [0.15, 0.2) is 11.6 Å². The standard InChI is InChI=1S/C10H14O5/c1-4-2-5(12)8-7(4)10(14)15-6(3-11)9(8)13/h2,6-11,13-14H,3H2,1H3/t6-,7-,8+,9-,10+/m1/s1. The third-order valence-corrected chi connectivity index (χ3v) is 3.16. The monoisotopic (exact) mass is 214 g/mol. The van der Waals surface area contributed by atoms with Gasteiger partial charge in [-0.25, -0.2) is 0 Å². The van der Waals surface area contributed by atoms with Crippen molar-refractivity contribution in [3.05, 3.63) is 11.6 Å². The van der Waals surface area contributed by atoms with Gasteiger partial charge in [0.1, 0.15) is 6.10 Å². The van der Waals surface area contributed by atoms with Gasteiger partial charge in [0.15, 0.2) is 12.1 Å². The number of aliphatic hydroxyl groups is 3. The first-order valence-corrected chi connectivity index (χ1v) is 4.90. The number of fused-ring (bicyclic) bond motifs is 1. The van der Waals surface area contributed by atoms with Crippen molar-refractivity contribution in [2.75, 3.05) is 6.61 Å². The second-order valence-electron chi connectivity index (χ2n) is 4.08. The second-order valence-corrected chi connectivity index (χ2v) is 4.08. The zero-order chi connectivity index (χ0) is 11.2. The Bertz CT molecular complexity index is 311. The highest BCUT2D eigenvalue weighted by molar-refractivity contribution is 5.96. The maximum Gasteiger partial charge on any atom is 0.162 e. The summed E-state index contributed by atoms with van der Waals surface area (Å²) < 4.78 is 5.04. The van der Waals surface area contributed by atoms with Gasteiger partial charge < -0.3 is 20.1 Å². The first kappa shape index (κ1) is 10.8. The van der Waals surface area contributed by atoms with Gasteiger partial charge in [-0.05, 0) is 13.0 Å². The van der Waals surface area contributed by atoms with Crippen LogP contribution in [0.1, 0.15) is 6.92 Å². The SMILES string of the molecule is CC1=CC(=O)[C@@H]2[C@H](O)[C@@H](CO)O[C@H](O)[C@H]12. The fourth-order valence-electron chi connectivity index (χ4n) is 2.39. The van der Waals surface area contributed by atoms with Crippen molar-refractivity contribution in [3.8, 4) is 0 Å². The minimum absolute atomic E-state index is 0.203. The van der Waals surface area contributed by atoms with Crippen molar-refractivity contribution in [2.45, 2.75) is 25.4 Å². The molecule has 0 bridgehead atoms. The molecule has 1 heterocycles. The third-order valence-electron chi connectivity index (χ3n) is 3.16. The zero-order valence-electron chi connectivity index (χ0n) is 8.33. The summed E-state index contributed by atoms with van der Waals surface area (Å²) in [6.45, 7) is 1.31. The molecule has 0 aromatic heterocycles. The molecule has 0 amide bonds. The number of hydrogen-bond donors (Lipinski definition) is 3. The predicted molar refractivity (Wildman–Crippen MR) is 49.7 cm³/mol. The molecule has 5 nitrogen and oxygen atoms in total. The Hall–Kier alpha value is -0.750. The molecule has 0 aromatic carbocycles. The summed E-state index contributed by atoms with van der Waals surface area (Å²) >= 11 is 0. The van der Waals surface area contributed by atoms with Crippen LogP contribution in [0.3, 0.4) is 0 Å². The van der Waals surface area contributed by atoms with E-state index >= 15 is 0 Å². The van der Waals surface area contributed by atoms with E-state index in [4.69, 9.17) is 9.84 Å². The van der Waals surface area contributed by atoms with Crippen LogP contribution in [0.2, 0.25) is 0 Å². The van der Waals surface area contributed by atoms with Gasteiger partial charge in [0, 0.05) is 5.92 Å². The summed E-state index contributed by atoms with van der Waals surface area (Å²) in [6.07, 6.45) is -1.64. The normalized spacial score (nSPS) is 45.2. The highest BCUT2D eigenvalue weighted by atomic mass is 16.6. The van der Waals surface area contributed by atoms with Crippen molar-refractivity contribution in [2.24, 2.45) is 11.8 Å². The molecule has 1 aliphatic carbocycles. The molecular formula is C10H14O5. The largest absolute Gasteiger partial charge is 0.394 e. The molecule has 0 unspecified atom stereocenters. The lowest BCUT2D eigenvalue weighted by Crippen LogP contribution is -2.53. The van der Waals surface area contributed by atoms with Gasteiger partial charge in [-0.2, -0.15) is 0 Å². The van der Waals surface area contributed by atoms with Gasteiger partial charge in [0.05, 0.1) is 18.6 Å². The Labute approximate surface area is 87.0 Å². The van der Waals surface area contributed by atoms with Crippen LogP contribution in [0.25, 0.3) is 0 Å². The average Bonchev–Trinajstić information content (AvgIpc) is 2.48. The summed E-state index contributed by atoms with van der Waals surface area (Å²) in [6, 6.07) is 0. The van der Waals surface area contributed by atoms with Crippen molar-refractivity contribution >= 4 is 5.78 Å². The molecule has 0 radical (unpaired) electrons. The fraction of sp³-hybridized carbons (Fsp3) is 0.700. The van der Waals surface area contributed by atoms with Crippen molar-refractivity contribution in [1.82, 2.24) is 0 Å². The molecule has 0 aromatic rings. The lowest BCUT2D eigenvalue weighted by Gasteiger charge is -2.39. The molecule has 1 fully saturated rings. The number of ether oxygens (including phenoxy) is 1. The van der Waals surface area contributed by atoms with E-state index < -0.39 is 36.9 Å². The Morgan fingerprint density at radius 2 is 2.07 bits per heavy atom. The Kier molecular flexibility index (Phi) is 2.64. The Balaban J connectivity index is 2.28. The number of hydrogen-bond acceptors (Lipinski definition) is 5. The Morgan fingerprint density at radius 1 is 1.40 bits per heavy atom. The van der Waals surface area contributed by atoms with Crippen LogP contribution in [-0.2, 0) is 9.53 Å². The number of rotatable bonds is 1. The summed E-state index contributed by atoms with van der Waals surface area (Å²) in [4.78, 5) is 11.6. The number of carbonyl (C=O) groups excluding carboxylic acids is 1. The van der Waals surface area contributed by atoms with Gasteiger partial charge in [-0.3, -0.25) is 4.79 Å². The van der Waals surface area contributed by atoms with Crippen LogP contribution in [-0.4, -0.2) is 46.2 Å². The van der Waals surface area contributed by atoms with E-state index in [1.54, 1.807) is 6.92 Å². The van der Waals surface area contributed by atoms with E-state index in [1.807, 2.05) is 0 Å². The molecule has 5 atom stereocenters. The van der Waals surface area contributed by atoms with Gasteiger partial charge in [-0.1, -0.05) is 5.57 Å². The first-order chi connectivity index (χ1) is 7.06. The summed E-state index contributed by atoms with van der Waals surface area (Å²) in [5.74, 6) is -1.35. The minimum atomic E-state index is -1.13. The number of ketones is 1. The van der Waals surface area contributed by atoms with E-state index in [0.29, 0.717) is 5.57 Å².